The average molecular weight is 218 g/mol. The largest absolute Gasteiger partial charge is 0.416 e. The molecule has 74 valence electrons. The Morgan fingerprint density at radius 3 is 2.64 bits per heavy atom. The first-order valence-electron chi connectivity index (χ1n) is 3.88. The molecule has 0 spiro atoms. The first kappa shape index (κ1) is 9.58. The van der Waals surface area contributed by atoms with Gasteiger partial charge in [-0.05, 0) is 17.7 Å². The molecule has 1 aliphatic heterocycles. The van der Waals surface area contributed by atoms with Crippen molar-refractivity contribution < 1.29 is 18.0 Å². The van der Waals surface area contributed by atoms with Crippen LogP contribution in [0.3, 0.4) is 0 Å². The lowest BCUT2D eigenvalue weighted by Crippen LogP contribution is -2.08. The van der Waals surface area contributed by atoms with Crippen LogP contribution in [0.4, 0.5) is 13.2 Å². The molecule has 1 aliphatic rings. The van der Waals surface area contributed by atoms with E-state index < -0.39 is 11.7 Å². The summed E-state index contributed by atoms with van der Waals surface area (Å²) in [6.45, 7) is 0. The van der Waals surface area contributed by atoms with Crippen molar-refractivity contribution in [2.45, 2.75) is 17.5 Å². The third-order valence-corrected chi connectivity index (χ3v) is 2.96. The van der Waals surface area contributed by atoms with E-state index in [1.54, 1.807) is 6.07 Å². The van der Waals surface area contributed by atoms with Crippen molar-refractivity contribution in [1.29, 1.82) is 0 Å². The Kier molecular flexibility index (Phi) is 2.06. The monoisotopic (exact) mass is 218 g/mol. The van der Waals surface area contributed by atoms with Crippen LogP contribution in [0, 0.1) is 0 Å². The molecule has 0 saturated heterocycles. The maximum absolute atomic E-state index is 12.4. The average Bonchev–Trinajstić information content (AvgIpc) is 2.41. The van der Waals surface area contributed by atoms with Gasteiger partial charge in [0.2, 0.25) is 0 Å². The number of alkyl halides is 3. The minimum Gasteiger partial charge on any atom is -0.286 e. The van der Waals surface area contributed by atoms with E-state index in [0.717, 1.165) is 17.8 Å². The Morgan fingerprint density at radius 1 is 1.29 bits per heavy atom. The first-order chi connectivity index (χ1) is 6.48. The van der Waals surface area contributed by atoms with Crippen molar-refractivity contribution in [3.63, 3.8) is 0 Å². The van der Waals surface area contributed by atoms with Gasteiger partial charge in [0.15, 0.2) is 5.12 Å². The standard InChI is InChI=1S/C9H5F3OS/c10-9(11,12)6-2-1-3-7-5(6)4-8(13)14-7/h1-3H,4H2. The molecule has 0 atom stereocenters. The second kappa shape index (κ2) is 3.02. The fraction of sp³-hybridized carbons (Fsp3) is 0.222. The molecule has 5 heteroatoms. The number of rotatable bonds is 0. The third-order valence-electron chi connectivity index (χ3n) is 1.98. The molecular weight excluding hydrogens is 213 g/mol. The molecule has 1 aromatic carbocycles. The lowest BCUT2D eigenvalue weighted by atomic mass is 10.1. The summed E-state index contributed by atoms with van der Waals surface area (Å²) in [4.78, 5) is 11.4. The molecule has 0 fully saturated rings. The summed E-state index contributed by atoms with van der Waals surface area (Å²) in [5.41, 5.74) is -0.566. The fourth-order valence-electron chi connectivity index (χ4n) is 1.41. The summed E-state index contributed by atoms with van der Waals surface area (Å²) in [7, 11) is 0. The van der Waals surface area contributed by atoms with Crippen LogP contribution in [-0.2, 0) is 17.4 Å². The van der Waals surface area contributed by atoms with Crippen LogP contribution in [0.1, 0.15) is 11.1 Å². The van der Waals surface area contributed by atoms with Gasteiger partial charge in [0.05, 0.1) is 5.56 Å². The smallest absolute Gasteiger partial charge is 0.286 e. The van der Waals surface area contributed by atoms with E-state index >= 15 is 0 Å². The lowest BCUT2D eigenvalue weighted by Gasteiger charge is -2.10. The van der Waals surface area contributed by atoms with Crippen LogP contribution in [0.5, 0.6) is 0 Å². The molecule has 1 heterocycles. The predicted octanol–water partition coefficient (Wildman–Crippen LogP) is 2.88. The Bertz CT molecular complexity index is 398. The number of hydrogen-bond acceptors (Lipinski definition) is 2. The van der Waals surface area contributed by atoms with Gasteiger partial charge in [0, 0.05) is 11.3 Å². The fourth-order valence-corrected chi connectivity index (χ4v) is 2.33. The summed E-state index contributed by atoms with van der Waals surface area (Å²) >= 11 is 0.882. The van der Waals surface area contributed by atoms with Gasteiger partial charge in [-0.1, -0.05) is 17.8 Å². The van der Waals surface area contributed by atoms with Gasteiger partial charge in [-0.3, -0.25) is 4.79 Å². The van der Waals surface area contributed by atoms with Crippen LogP contribution < -0.4 is 0 Å². The molecule has 1 nitrogen and oxygen atoms in total. The lowest BCUT2D eigenvalue weighted by molar-refractivity contribution is -0.138. The zero-order valence-corrected chi connectivity index (χ0v) is 7.71. The van der Waals surface area contributed by atoms with E-state index in [9.17, 15) is 18.0 Å². The van der Waals surface area contributed by atoms with E-state index in [1.165, 1.54) is 6.07 Å². The van der Waals surface area contributed by atoms with Gasteiger partial charge in [0.25, 0.3) is 0 Å². The van der Waals surface area contributed by atoms with Gasteiger partial charge in [-0.2, -0.15) is 13.2 Å². The van der Waals surface area contributed by atoms with Gasteiger partial charge in [0.1, 0.15) is 0 Å². The number of carbonyl (C=O) groups is 1. The predicted molar refractivity (Wildman–Crippen MR) is 46.0 cm³/mol. The molecule has 0 radical (unpaired) electrons. The highest BCUT2D eigenvalue weighted by Crippen LogP contribution is 2.40. The molecular formula is C9H5F3OS. The van der Waals surface area contributed by atoms with Crippen LogP contribution in [-0.4, -0.2) is 5.12 Å². The van der Waals surface area contributed by atoms with Crippen LogP contribution in [0.2, 0.25) is 0 Å². The number of hydrogen-bond donors (Lipinski definition) is 0. The number of halogens is 3. The van der Waals surface area contributed by atoms with Gasteiger partial charge >= 0.3 is 6.18 Å². The summed E-state index contributed by atoms with van der Waals surface area (Å²) < 4.78 is 37.3. The van der Waals surface area contributed by atoms with E-state index in [0.29, 0.717) is 4.90 Å². The Labute approximate surface area is 82.3 Å². The highest BCUT2D eigenvalue weighted by molar-refractivity contribution is 8.14. The Hall–Kier alpha value is -0.970. The first-order valence-corrected chi connectivity index (χ1v) is 4.70. The second-order valence-electron chi connectivity index (χ2n) is 2.93. The van der Waals surface area contributed by atoms with Crippen LogP contribution >= 0.6 is 11.8 Å². The topological polar surface area (TPSA) is 17.1 Å². The number of benzene rings is 1. The second-order valence-corrected chi connectivity index (χ2v) is 4.03. The van der Waals surface area contributed by atoms with Crippen molar-refractivity contribution in [2.75, 3.05) is 0 Å². The molecule has 14 heavy (non-hydrogen) atoms. The zero-order chi connectivity index (χ0) is 10.3. The van der Waals surface area contributed by atoms with Crippen molar-refractivity contribution in [3.8, 4) is 0 Å². The van der Waals surface area contributed by atoms with E-state index in [-0.39, 0.29) is 17.1 Å². The maximum Gasteiger partial charge on any atom is 0.416 e. The summed E-state index contributed by atoms with van der Waals surface area (Å²) in [6, 6.07) is 3.88. The van der Waals surface area contributed by atoms with Crippen LogP contribution in [0.25, 0.3) is 0 Å². The van der Waals surface area contributed by atoms with E-state index in [1.807, 2.05) is 0 Å². The number of carbonyl (C=O) groups excluding carboxylic acids is 1. The summed E-state index contributed by atoms with van der Waals surface area (Å²) in [6.07, 6.45) is -4.48. The van der Waals surface area contributed by atoms with Gasteiger partial charge < -0.3 is 0 Å². The highest BCUT2D eigenvalue weighted by Gasteiger charge is 2.36. The summed E-state index contributed by atoms with van der Waals surface area (Å²) in [5.74, 6) is 0. The number of thioether (sulfide) groups is 1. The van der Waals surface area contributed by atoms with Crippen LogP contribution in [0.15, 0.2) is 23.1 Å². The SMILES string of the molecule is O=C1Cc2c(cccc2C(F)(F)F)S1. The molecule has 0 saturated carbocycles. The van der Waals surface area contributed by atoms with Crippen molar-refractivity contribution >= 4 is 16.9 Å². The molecule has 0 N–H and O–H groups in total. The minimum atomic E-state index is -4.36. The Balaban J connectivity index is 2.55. The molecule has 0 amide bonds. The molecule has 0 aliphatic carbocycles. The molecule has 2 rings (SSSR count). The van der Waals surface area contributed by atoms with Crippen molar-refractivity contribution in [1.82, 2.24) is 0 Å². The molecule has 0 unspecified atom stereocenters. The van der Waals surface area contributed by atoms with Crippen molar-refractivity contribution in [3.05, 3.63) is 29.3 Å². The third kappa shape index (κ3) is 1.52. The van der Waals surface area contributed by atoms with Gasteiger partial charge in [-0.15, -0.1) is 0 Å². The summed E-state index contributed by atoms with van der Waals surface area (Å²) in [5, 5.41) is -0.225. The number of fused-ring (bicyclic) bond motifs is 1. The minimum absolute atomic E-state index is 0.115. The van der Waals surface area contributed by atoms with Gasteiger partial charge in [-0.25, -0.2) is 0 Å². The molecule has 0 aromatic heterocycles. The van der Waals surface area contributed by atoms with E-state index in [2.05, 4.69) is 0 Å². The quantitative estimate of drug-likeness (QED) is 0.666. The zero-order valence-electron chi connectivity index (χ0n) is 6.89. The molecule has 0 bridgehead atoms. The van der Waals surface area contributed by atoms with Crippen molar-refractivity contribution in [2.24, 2.45) is 0 Å². The highest BCUT2D eigenvalue weighted by atomic mass is 32.2. The maximum atomic E-state index is 12.4. The normalized spacial score (nSPS) is 15.8. The van der Waals surface area contributed by atoms with E-state index in [4.69, 9.17) is 0 Å². The molecule has 1 aromatic rings. The Morgan fingerprint density at radius 2 is 2.00 bits per heavy atom.